The van der Waals surface area contributed by atoms with E-state index in [1.807, 2.05) is 0 Å². The molecule has 0 atom stereocenters. The molecule has 0 aliphatic carbocycles. The van der Waals surface area contributed by atoms with Crippen molar-refractivity contribution in [3.63, 3.8) is 0 Å². The van der Waals surface area contributed by atoms with Crippen molar-refractivity contribution in [1.29, 1.82) is 0 Å². The summed E-state index contributed by atoms with van der Waals surface area (Å²) in [5.74, 6) is 0.704. The SMILES string of the molecule is CC(C)(C)c1ncnc(NC2COC2)c1Cl. The van der Waals surface area contributed by atoms with Gasteiger partial charge < -0.3 is 10.1 Å². The van der Waals surface area contributed by atoms with Crippen molar-refractivity contribution in [2.45, 2.75) is 32.2 Å². The van der Waals surface area contributed by atoms with Gasteiger partial charge in [0.05, 0.1) is 24.9 Å². The smallest absolute Gasteiger partial charge is 0.148 e. The van der Waals surface area contributed by atoms with Crippen molar-refractivity contribution in [2.24, 2.45) is 0 Å². The van der Waals surface area contributed by atoms with Gasteiger partial charge in [-0.3, -0.25) is 0 Å². The van der Waals surface area contributed by atoms with E-state index in [9.17, 15) is 0 Å². The predicted molar refractivity (Wildman–Crippen MR) is 64.0 cm³/mol. The highest BCUT2D eigenvalue weighted by Crippen LogP contribution is 2.31. The molecule has 0 aromatic carbocycles. The summed E-state index contributed by atoms with van der Waals surface area (Å²) in [4.78, 5) is 8.41. The summed E-state index contributed by atoms with van der Waals surface area (Å²) < 4.78 is 5.10. The zero-order valence-corrected chi connectivity index (χ0v) is 10.5. The van der Waals surface area contributed by atoms with Crippen LogP contribution in [0.5, 0.6) is 0 Å². The van der Waals surface area contributed by atoms with E-state index in [4.69, 9.17) is 16.3 Å². The highest BCUT2D eigenvalue weighted by molar-refractivity contribution is 6.33. The Morgan fingerprint density at radius 1 is 1.38 bits per heavy atom. The van der Waals surface area contributed by atoms with E-state index >= 15 is 0 Å². The molecule has 88 valence electrons. The summed E-state index contributed by atoms with van der Waals surface area (Å²) in [6.07, 6.45) is 1.55. The molecule has 5 heteroatoms. The van der Waals surface area contributed by atoms with Gasteiger partial charge in [0.15, 0.2) is 0 Å². The Hall–Kier alpha value is -0.870. The van der Waals surface area contributed by atoms with Crippen LogP contribution in [0.15, 0.2) is 6.33 Å². The Kier molecular flexibility index (Phi) is 3.04. The Balaban J connectivity index is 2.25. The molecular weight excluding hydrogens is 226 g/mol. The molecule has 0 unspecified atom stereocenters. The summed E-state index contributed by atoms with van der Waals surface area (Å²) >= 11 is 6.29. The quantitative estimate of drug-likeness (QED) is 0.863. The molecule has 0 bridgehead atoms. The zero-order chi connectivity index (χ0) is 11.8. The van der Waals surface area contributed by atoms with Gasteiger partial charge in [-0.05, 0) is 0 Å². The Bertz CT molecular complexity index is 385. The normalized spacial score (nSPS) is 17.0. The third-order valence-electron chi connectivity index (χ3n) is 2.48. The lowest BCUT2D eigenvalue weighted by Crippen LogP contribution is -2.40. The van der Waals surface area contributed by atoms with Crippen LogP contribution in [0.1, 0.15) is 26.5 Å². The monoisotopic (exact) mass is 241 g/mol. The van der Waals surface area contributed by atoms with Gasteiger partial charge in [-0.25, -0.2) is 9.97 Å². The molecule has 0 saturated carbocycles. The fourth-order valence-electron chi connectivity index (χ4n) is 1.51. The molecule has 2 heterocycles. The van der Waals surface area contributed by atoms with Crippen LogP contribution in [-0.2, 0) is 10.2 Å². The summed E-state index contributed by atoms with van der Waals surface area (Å²) in [7, 11) is 0. The summed E-state index contributed by atoms with van der Waals surface area (Å²) in [6.45, 7) is 7.67. The molecule has 2 rings (SSSR count). The largest absolute Gasteiger partial charge is 0.377 e. The van der Waals surface area contributed by atoms with Gasteiger partial charge >= 0.3 is 0 Å². The second kappa shape index (κ2) is 4.18. The summed E-state index contributed by atoms with van der Waals surface area (Å²) in [5, 5.41) is 3.86. The molecule has 1 fully saturated rings. The summed E-state index contributed by atoms with van der Waals surface area (Å²) in [6, 6.07) is 0.320. The van der Waals surface area contributed by atoms with Crippen LogP contribution in [-0.4, -0.2) is 29.2 Å². The number of hydrogen-bond donors (Lipinski definition) is 1. The maximum atomic E-state index is 6.29. The maximum Gasteiger partial charge on any atom is 0.148 e. The standard InChI is InChI=1S/C11H16ClN3O/c1-11(2,3)9-8(12)10(14-6-13-9)15-7-4-16-5-7/h6-7H,4-5H2,1-3H3,(H,13,14,15). The number of ether oxygens (including phenoxy) is 1. The van der Waals surface area contributed by atoms with E-state index in [0.29, 0.717) is 30.1 Å². The van der Waals surface area contributed by atoms with Crippen molar-refractivity contribution in [1.82, 2.24) is 9.97 Å². The van der Waals surface area contributed by atoms with Gasteiger partial charge in [-0.1, -0.05) is 32.4 Å². The van der Waals surface area contributed by atoms with Crippen LogP contribution in [0.4, 0.5) is 5.82 Å². The molecule has 0 amide bonds. The first-order chi connectivity index (χ1) is 7.48. The first-order valence-electron chi connectivity index (χ1n) is 5.34. The van der Waals surface area contributed by atoms with E-state index in [2.05, 4.69) is 36.1 Å². The number of anilines is 1. The van der Waals surface area contributed by atoms with E-state index in [0.717, 1.165) is 5.69 Å². The summed E-state index contributed by atoms with van der Waals surface area (Å²) in [5.41, 5.74) is 0.791. The van der Waals surface area contributed by atoms with Gasteiger partial charge in [0, 0.05) is 5.41 Å². The first-order valence-corrected chi connectivity index (χ1v) is 5.71. The topological polar surface area (TPSA) is 47.0 Å². The molecule has 1 N–H and O–H groups in total. The Morgan fingerprint density at radius 3 is 2.56 bits per heavy atom. The second-order valence-corrected chi connectivity index (χ2v) is 5.39. The third kappa shape index (κ3) is 2.28. The molecule has 0 spiro atoms. The fraction of sp³-hybridized carbons (Fsp3) is 0.636. The van der Waals surface area contributed by atoms with E-state index in [1.165, 1.54) is 0 Å². The van der Waals surface area contributed by atoms with Gasteiger partial charge in [0.2, 0.25) is 0 Å². The average molecular weight is 242 g/mol. The molecule has 1 aromatic rings. The van der Waals surface area contributed by atoms with Crippen molar-refractivity contribution < 1.29 is 4.74 Å². The number of rotatable bonds is 2. The predicted octanol–water partition coefficient (Wildman–Crippen LogP) is 2.24. The minimum absolute atomic E-state index is 0.0768. The lowest BCUT2D eigenvalue weighted by atomic mass is 9.92. The van der Waals surface area contributed by atoms with E-state index in [1.54, 1.807) is 6.33 Å². The molecule has 0 radical (unpaired) electrons. The van der Waals surface area contributed by atoms with Crippen LogP contribution in [0.3, 0.4) is 0 Å². The molecule has 1 saturated heterocycles. The van der Waals surface area contributed by atoms with Crippen LogP contribution < -0.4 is 5.32 Å². The maximum absolute atomic E-state index is 6.29. The van der Waals surface area contributed by atoms with Crippen molar-refractivity contribution in [3.05, 3.63) is 17.0 Å². The van der Waals surface area contributed by atoms with Gasteiger partial charge in [0.1, 0.15) is 17.2 Å². The fourth-order valence-corrected chi connectivity index (χ4v) is 1.94. The third-order valence-corrected chi connectivity index (χ3v) is 2.84. The van der Waals surface area contributed by atoms with Gasteiger partial charge in [-0.2, -0.15) is 0 Å². The molecule has 1 aliphatic rings. The minimum atomic E-state index is -0.0768. The first kappa shape index (κ1) is 11.6. The van der Waals surface area contributed by atoms with Gasteiger partial charge in [0.25, 0.3) is 0 Å². The van der Waals surface area contributed by atoms with Crippen LogP contribution in [0.25, 0.3) is 0 Å². The van der Waals surface area contributed by atoms with Crippen molar-refractivity contribution in [2.75, 3.05) is 18.5 Å². The highest BCUT2D eigenvalue weighted by Gasteiger charge is 2.24. The van der Waals surface area contributed by atoms with Crippen LogP contribution in [0.2, 0.25) is 5.02 Å². The minimum Gasteiger partial charge on any atom is -0.377 e. The lowest BCUT2D eigenvalue weighted by Gasteiger charge is -2.28. The molecule has 1 aliphatic heterocycles. The Morgan fingerprint density at radius 2 is 2.06 bits per heavy atom. The number of hydrogen-bond acceptors (Lipinski definition) is 4. The Labute approximate surface area is 100 Å². The number of nitrogens with zero attached hydrogens (tertiary/aromatic N) is 2. The van der Waals surface area contributed by atoms with E-state index < -0.39 is 0 Å². The number of halogens is 1. The van der Waals surface area contributed by atoms with Crippen molar-refractivity contribution >= 4 is 17.4 Å². The lowest BCUT2D eigenvalue weighted by molar-refractivity contribution is 0.0209. The molecule has 4 nitrogen and oxygen atoms in total. The average Bonchev–Trinajstić information content (AvgIpc) is 2.11. The van der Waals surface area contributed by atoms with Crippen molar-refractivity contribution in [3.8, 4) is 0 Å². The van der Waals surface area contributed by atoms with Crippen LogP contribution >= 0.6 is 11.6 Å². The highest BCUT2D eigenvalue weighted by atomic mass is 35.5. The molecule has 16 heavy (non-hydrogen) atoms. The zero-order valence-electron chi connectivity index (χ0n) is 9.75. The van der Waals surface area contributed by atoms with Gasteiger partial charge in [-0.15, -0.1) is 0 Å². The molecule has 1 aromatic heterocycles. The number of nitrogens with one attached hydrogen (secondary N) is 1. The van der Waals surface area contributed by atoms with Crippen LogP contribution in [0, 0.1) is 0 Å². The number of aromatic nitrogens is 2. The molecular formula is C11H16ClN3O. The van der Waals surface area contributed by atoms with E-state index in [-0.39, 0.29) is 5.41 Å². The second-order valence-electron chi connectivity index (χ2n) is 5.01.